The molecule has 1 atom stereocenters. The highest BCUT2D eigenvalue weighted by Gasteiger charge is 2.35. The number of nitrogens with zero attached hydrogens (tertiary/aromatic N) is 3. The van der Waals surface area contributed by atoms with Gasteiger partial charge in [-0.05, 0) is 25.1 Å². The Labute approximate surface area is 176 Å². The van der Waals surface area contributed by atoms with Crippen LogP contribution in [0, 0.1) is 0 Å². The SMILES string of the molecule is COc1ccc(Oc2nn(-c3ccc(C(F)(F)F)c(OC)c3)c3c2CO[C@H](C)C3)cn1. The van der Waals surface area contributed by atoms with Gasteiger partial charge in [-0.1, -0.05) is 0 Å². The highest BCUT2D eigenvalue weighted by Crippen LogP contribution is 2.39. The van der Waals surface area contributed by atoms with Gasteiger partial charge in [0.2, 0.25) is 11.8 Å². The van der Waals surface area contributed by atoms with E-state index in [0.717, 1.165) is 17.3 Å². The number of hydrogen-bond donors (Lipinski definition) is 0. The predicted octanol–water partition coefficient (Wildman–Crippen LogP) is 4.56. The molecule has 0 unspecified atom stereocenters. The second-order valence-corrected chi connectivity index (χ2v) is 6.99. The van der Waals surface area contributed by atoms with Crippen LogP contribution in [-0.2, 0) is 23.9 Å². The van der Waals surface area contributed by atoms with Crippen molar-refractivity contribution >= 4 is 0 Å². The average Bonchev–Trinajstić information content (AvgIpc) is 3.10. The van der Waals surface area contributed by atoms with E-state index < -0.39 is 11.7 Å². The lowest BCUT2D eigenvalue weighted by molar-refractivity contribution is -0.138. The zero-order valence-corrected chi connectivity index (χ0v) is 17.1. The Balaban J connectivity index is 1.76. The normalized spacial score (nSPS) is 16.0. The van der Waals surface area contributed by atoms with Crippen LogP contribution in [-0.4, -0.2) is 35.1 Å². The van der Waals surface area contributed by atoms with E-state index in [0.29, 0.717) is 29.6 Å². The second kappa shape index (κ2) is 8.10. The molecule has 31 heavy (non-hydrogen) atoms. The molecule has 3 heterocycles. The van der Waals surface area contributed by atoms with Crippen LogP contribution >= 0.6 is 0 Å². The summed E-state index contributed by atoms with van der Waals surface area (Å²) < 4.78 is 63.0. The summed E-state index contributed by atoms with van der Waals surface area (Å²) in [6, 6.07) is 6.99. The summed E-state index contributed by atoms with van der Waals surface area (Å²) in [7, 11) is 2.71. The van der Waals surface area contributed by atoms with Crippen LogP contribution in [0.25, 0.3) is 5.69 Å². The lowest BCUT2D eigenvalue weighted by atomic mass is 10.1. The van der Waals surface area contributed by atoms with Gasteiger partial charge in [0.05, 0.1) is 55.6 Å². The second-order valence-electron chi connectivity index (χ2n) is 6.99. The molecule has 164 valence electrons. The van der Waals surface area contributed by atoms with Gasteiger partial charge >= 0.3 is 6.18 Å². The highest BCUT2D eigenvalue weighted by atomic mass is 19.4. The number of ether oxygens (including phenoxy) is 4. The molecule has 0 N–H and O–H groups in total. The van der Waals surface area contributed by atoms with Crippen molar-refractivity contribution in [3.05, 3.63) is 53.3 Å². The van der Waals surface area contributed by atoms with Gasteiger partial charge in [0.15, 0.2) is 0 Å². The molecule has 4 rings (SSSR count). The summed E-state index contributed by atoms with van der Waals surface area (Å²) >= 11 is 0. The first-order valence-corrected chi connectivity index (χ1v) is 9.46. The van der Waals surface area contributed by atoms with E-state index in [1.165, 1.54) is 32.5 Å². The summed E-state index contributed by atoms with van der Waals surface area (Å²) in [5.41, 5.74) is 1.11. The standard InChI is InChI=1S/C21H20F3N3O4/c1-12-8-17-15(11-30-12)20(31-14-5-7-19(29-3)25-10-14)26-27(17)13-4-6-16(21(22,23)24)18(9-13)28-2/h4-7,9-10,12H,8,11H2,1-3H3/t12-/m1/s1. The number of benzene rings is 1. The molecule has 0 spiro atoms. The highest BCUT2D eigenvalue weighted by molar-refractivity contribution is 5.49. The molecule has 1 aliphatic rings. The maximum Gasteiger partial charge on any atom is 0.419 e. The molecule has 10 heteroatoms. The van der Waals surface area contributed by atoms with Crippen LogP contribution in [0.3, 0.4) is 0 Å². The van der Waals surface area contributed by atoms with Crippen LogP contribution in [0.1, 0.15) is 23.7 Å². The fourth-order valence-corrected chi connectivity index (χ4v) is 3.38. The van der Waals surface area contributed by atoms with Gasteiger partial charge in [0.25, 0.3) is 0 Å². The molecule has 2 aromatic heterocycles. The molecular weight excluding hydrogens is 415 g/mol. The van der Waals surface area contributed by atoms with E-state index >= 15 is 0 Å². The Hall–Kier alpha value is -3.27. The van der Waals surface area contributed by atoms with Crippen LogP contribution < -0.4 is 14.2 Å². The summed E-state index contributed by atoms with van der Waals surface area (Å²) in [6.07, 6.45) is -2.58. The molecule has 0 amide bonds. The smallest absolute Gasteiger partial charge is 0.419 e. The third kappa shape index (κ3) is 4.15. The average molecular weight is 435 g/mol. The Morgan fingerprint density at radius 3 is 2.58 bits per heavy atom. The quantitative estimate of drug-likeness (QED) is 0.586. The van der Waals surface area contributed by atoms with Crippen molar-refractivity contribution in [2.45, 2.75) is 32.2 Å². The van der Waals surface area contributed by atoms with Gasteiger partial charge in [-0.3, -0.25) is 0 Å². The van der Waals surface area contributed by atoms with E-state index in [4.69, 9.17) is 18.9 Å². The first-order valence-electron chi connectivity index (χ1n) is 9.46. The lowest BCUT2D eigenvalue weighted by Crippen LogP contribution is -2.21. The molecular formula is C21H20F3N3O4. The molecule has 0 radical (unpaired) electrons. The number of methoxy groups -OCH3 is 2. The number of aromatic nitrogens is 3. The van der Waals surface area contributed by atoms with Crippen molar-refractivity contribution in [2.75, 3.05) is 14.2 Å². The number of pyridine rings is 1. The van der Waals surface area contributed by atoms with E-state index in [1.54, 1.807) is 16.8 Å². The minimum absolute atomic E-state index is 0.0743. The Morgan fingerprint density at radius 2 is 1.94 bits per heavy atom. The van der Waals surface area contributed by atoms with Crippen molar-refractivity contribution in [1.29, 1.82) is 0 Å². The van der Waals surface area contributed by atoms with Crippen LogP contribution in [0.15, 0.2) is 36.5 Å². The Morgan fingerprint density at radius 1 is 1.13 bits per heavy atom. The third-order valence-electron chi connectivity index (χ3n) is 4.91. The summed E-state index contributed by atoms with van der Waals surface area (Å²) in [6.45, 7) is 2.19. The van der Waals surface area contributed by atoms with Gasteiger partial charge in [-0.15, -0.1) is 5.10 Å². The molecule has 0 saturated carbocycles. The topological polar surface area (TPSA) is 67.6 Å². The van der Waals surface area contributed by atoms with Crippen LogP contribution in [0.2, 0.25) is 0 Å². The van der Waals surface area contributed by atoms with E-state index in [-0.39, 0.29) is 18.5 Å². The van der Waals surface area contributed by atoms with Gasteiger partial charge in [0.1, 0.15) is 11.5 Å². The summed E-state index contributed by atoms with van der Waals surface area (Å²) in [5, 5.41) is 4.52. The lowest BCUT2D eigenvalue weighted by Gasteiger charge is -2.21. The van der Waals surface area contributed by atoms with E-state index in [9.17, 15) is 13.2 Å². The van der Waals surface area contributed by atoms with Gasteiger partial charge in [-0.25, -0.2) is 9.67 Å². The van der Waals surface area contributed by atoms with Gasteiger partial charge in [0, 0.05) is 18.6 Å². The minimum atomic E-state index is -4.52. The van der Waals surface area contributed by atoms with E-state index in [2.05, 4.69) is 10.1 Å². The number of hydrogen-bond acceptors (Lipinski definition) is 6. The Bertz CT molecular complexity index is 1080. The fraction of sp³-hybridized carbons (Fsp3) is 0.333. The first kappa shape index (κ1) is 21.0. The summed E-state index contributed by atoms with van der Waals surface area (Å²) in [5.74, 6) is 0.898. The molecule has 3 aromatic rings. The third-order valence-corrected chi connectivity index (χ3v) is 4.91. The summed E-state index contributed by atoms with van der Waals surface area (Å²) in [4.78, 5) is 4.10. The molecule has 0 fully saturated rings. The van der Waals surface area contributed by atoms with Crippen molar-refractivity contribution < 1.29 is 32.1 Å². The van der Waals surface area contributed by atoms with E-state index in [1.807, 2.05) is 6.92 Å². The zero-order valence-electron chi connectivity index (χ0n) is 17.1. The van der Waals surface area contributed by atoms with Crippen LogP contribution in [0.5, 0.6) is 23.3 Å². The zero-order chi connectivity index (χ0) is 22.2. The molecule has 7 nitrogen and oxygen atoms in total. The molecule has 0 aliphatic carbocycles. The van der Waals surface area contributed by atoms with Crippen molar-refractivity contribution in [3.63, 3.8) is 0 Å². The molecule has 0 bridgehead atoms. The maximum atomic E-state index is 13.2. The first-order chi connectivity index (χ1) is 14.8. The largest absolute Gasteiger partial charge is 0.496 e. The predicted molar refractivity (Wildman–Crippen MR) is 104 cm³/mol. The molecule has 1 aliphatic heterocycles. The number of rotatable bonds is 5. The van der Waals surface area contributed by atoms with Gasteiger partial charge in [-0.2, -0.15) is 13.2 Å². The molecule has 1 aromatic carbocycles. The van der Waals surface area contributed by atoms with Crippen LogP contribution in [0.4, 0.5) is 13.2 Å². The fourth-order valence-electron chi connectivity index (χ4n) is 3.38. The molecule has 0 saturated heterocycles. The van der Waals surface area contributed by atoms with Gasteiger partial charge < -0.3 is 18.9 Å². The monoisotopic (exact) mass is 435 g/mol. The van der Waals surface area contributed by atoms with Crippen molar-refractivity contribution in [1.82, 2.24) is 14.8 Å². The minimum Gasteiger partial charge on any atom is -0.496 e. The number of halogens is 3. The van der Waals surface area contributed by atoms with Crippen molar-refractivity contribution in [3.8, 4) is 28.9 Å². The van der Waals surface area contributed by atoms with Crippen molar-refractivity contribution in [2.24, 2.45) is 0 Å². The maximum absolute atomic E-state index is 13.2. The Kier molecular flexibility index (Phi) is 5.48. The number of fused-ring (bicyclic) bond motifs is 1. The number of alkyl halides is 3.